The van der Waals surface area contributed by atoms with E-state index in [4.69, 9.17) is 0 Å². The fourth-order valence-electron chi connectivity index (χ4n) is 2.04. The number of hydrogen-bond acceptors (Lipinski definition) is 3. The molecule has 1 aromatic rings. The summed E-state index contributed by atoms with van der Waals surface area (Å²) in [6.45, 7) is 5.70. The molecular weight excluding hydrogens is 305 g/mol. The molecule has 0 aliphatic rings. The molecular formula is C15H22FNO2SSi. The molecule has 0 spiro atoms. The Morgan fingerprint density at radius 3 is 2.33 bits per heavy atom. The monoisotopic (exact) mass is 327 g/mol. The van der Waals surface area contributed by atoms with Gasteiger partial charge in [-0.05, 0) is 19.1 Å². The smallest absolute Gasteiger partial charge is 0.224 e. The van der Waals surface area contributed by atoms with Crippen molar-refractivity contribution in [1.82, 2.24) is 5.32 Å². The summed E-state index contributed by atoms with van der Waals surface area (Å²) < 4.78 is 13.0. The molecule has 1 amide bonds. The molecule has 0 aromatic heterocycles. The Morgan fingerprint density at radius 1 is 1.29 bits per heavy atom. The van der Waals surface area contributed by atoms with Crippen LogP contribution in [0, 0.1) is 11.7 Å². The molecule has 116 valence electrons. The molecule has 0 aliphatic carbocycles. The van der Waals surface area contributed by atoms with Gasteiger partial charge >= 0.3 is 0 Å². The minimum absolute atomic E-state index is 0.0146. The average molecular weight is 327 g/mol. The van der Waals surface area contributed by atoms with Crippen LogP contribution in [0.4, 0.5) is 4.39 Å². The Morgan fingerprint density at radius 2 is 1.86 bits per heavy atom. The summed E-state index contributed by atoms with van der Waals surface area (Å²) >= 11 is 4.13. The normalized spacial score (nSPS) is 12.8. The molecule has 0 unspecified atom stereocenters. The highest BCUT2D eigenvalue weighted by molar-refractivity contribution is 7.80. The summed E-state index contributed by atoms with van der Waals surface area (Å²) in [4.78, 5) is 23.2. The quantitative estimate of drug-likeness (QED) is 0.594. The van der Waals surface area contributed by atoms with Crippen molar-refractivity contribution in [2.75, 3.05) is 11.9 Å². The molecule has 0 aliphatic heterocycles. The van der Waals surface area contributed by atoms with E-state index in [1.165, 1.54) is 19.1 Å². The second kappa shape index (κ2) is 7.75. The Labute approximate surface area is 131 Å². The third-order valence-electron chi connectivity index (χ3n) is 3.46. The molecule has 0 fully saturated rings. The molecule has 1 N–H and O–H groups in total. The topological polar surface area (TPSA) is 46.2 Å². The number of halogens is 1. The summed E-state index contributed by atoms with van der Waals surface area (Å²) in [6.07, 6.45) is 0.771. The summed E-state index contributed by atoms with van der Waals surface area (Å²) in [5, 5.41) is 4.00. The third kappa shape index (κ3) is 5.63. The van der Waals surface area contributed by atoms with Gasteiger partial charge in [0.25, 0.3) is 0 Å². The molecule has 0 bridgehead atoms. The molecule has 1 aromatic carbocycles. The van der Waals surface area contributed by atoms with E-state index in [9.17, 15) is 14.0 Å². The van der Waals surface area contributed by atoms with Gasteiger partial charge in [-0.3, -0.25) is 4.79 Å². The van der Waals surface area contributed by atoms with E-state index >= 15 is 0 Å². The molecule has 1 atom stereocenters. The van der Waals surface area contributed by atoms with Crippen LogP contribution in [-0.4, -0.2) is 31.7 Å². The van der Waals surface area contributed by atoms with E-state index in [-0.39, 0.29) is 29.8 Å². The number of carbonyl (C=O) groups excluding carboxylic acids is 2. The Bertz CT molecular complexity index is 505. The molecule has 6 heteroatoms. The minimum atomic E-state index is -1.87. The van der Waals surface area contributed by atoms with Crippen molar-refractivity contribution in [3.63, 3.8) is 0 Å². The first-order valence-electron chi connectivity index (χ1n) is 6.90. The maximum Gasteiger partial charge on any atom is 0.224 e. The largest absolute Gasteiger partial charge is 0.358 e. The zero-order valence-corrected chi connectivity index (χ0v) is 14.5. The molecule has 0 radical (unpaired) electrons. The number of rotatable bonds is 7. The van der Waals surface area contributed by atoms with Gasteiger partial charge in [0.05, 0.1) is 5.92 Å². The zero-order chi connectivity index (χ0) is 16.0. The fraction of sp³-hybridized carbons (Fsp3) is 0.467. The third-order valence-corrected chi connectivity index (χ3v) is 6.85. The van der Waals surface area contributed by atoms with E-state index in [2.05, 4.69) is 31.0 Å². The SMILES string of the molecule is CC(=O)C[C@@H](CS)C(=O)NC[Si](C)(C)c1ccc(F)cc1. The number of nitrogens with one attached hydrogen (secondary N) is 1. The van der Waals surface area contributed by atoms with Crippen molar-refractivity contribution in [2.45, 2.75) is 26.4 Å². The highest BCUT2D eigenvalue weighted by Crippen LogP contribution is 2.08. The predicted molar refractivity (Wildman–Crippen MR) is 89.2 cm³/mol. The Hall–Kier alpha value is -1.14. The lowest BCUT2D eigenvalue weighted by Crippen LogP contribution is -2.52. The van der Waals surface area contributed by atoms with Crippen molar-refractivity contribution in [1.29, 1.82) is 0 Å². The van der Waals surface area contributed by atoms with Crippen LogP contribution in [0.15, 0.2) is 24.3 Å². The fourth-order valence-corrected chi connectivity index (χ4v) is 4.23. The molecule has 0 saturated heterocycles. The number of hydrogen-bond donors (Lipinski definition) is 2. The van der Waals surface area contributed by atoms with E-state index < -0.39 is 8.07 Å². The summed E-state index contributed by atoms with van der Waals surface area (Å²) in [6, 6.07) is 6.44. The highest BCUT2D eigenvalue weighted by atomic mass is 32.1. The second-order valence-electron chi connectivity index (χ2n) is 5.89. The maximum absolute atomic E-state index is 13.0. The number of amides is 1. The number of carbonyl (C=O) groups is 2. The van der Waals surface area contributed by atoms with Gasteiger partial charge in [-0.1, -0.05) is 30.4 Å². The van der Waals surface area contributed by atoms with Gasteiger partial charge in [-0.15, -0.1) is 0 Å². The lowest BCUT2D eigenvalue weighted by atomic mass is 10.0. The molecule has 21 heavy (non-hydrogen) atoms. The Balaban J connectivity index is 2.65. The van der Waals surface area contributed by atoms with Crippen molar-refractivity contribution < 1.29 is 14.0 Å². The van der Waals surface area contributed by atoms with E-state index in [0.29, 0.717) is 11.9 Å². The van der Waals surface area contributed by atoms with Gasteiger partial charge in [0, 0.05) is 18.3 Å². The second-order valence-corrected chi connectivity index (χ2v) is 11.0. The first kappa shape index (κ1) is 17.9. The van der Waals surface area contributed by atoms with Crippen LogP contribution in [0.25, 0.3) is 0 Å². The summed E-state index contributed by atoms with van der Waals surface area (Å²) in [5.41, 5.74) is 0. The van der Waals surface area contributed by atoms with Crippen molar-refractivity contribution in [3.05, 3.63) is 30.1 Å². The van der Waals surface area contributed by atoms with E-state index in [1.807, 2.05) is 0 Å². The minimum Gasteiger partial charge on any atom is -0.358 e. The van der Waals surface area contributed by atoms with Crippen LogP contribution >= 0.6 is 12.6 Å². The van der Waals surface area contributed by atoms with Crippen molar-refractivity contribution in [3.8, 4) is 0 Å². The van der Waals surface area contributed by atoms with Crippen LogP contribution in [-0.2, 0) is 9.59 Å². The molecule has 1 rings (SSSR count). The molecule has 0 heterocycles. The molecule has 3 nitrogen and oxygen atoms in total. The first-order valence-corrected chi connectivity index (χ1v) is 10.7. The average Bonchev–Trinajstić information content (AvgIpc) is 2.42. The van der Waals surface area contributed by atoms with Gasteiger partial charge < -0.3 is 10.1 Å². The van der Waals surface area contributed by atoms with Gasteiger partial charge in [-0.25, -0.2) is 4.39 Å². The standard InChI is InChI=1S/C15H22FNO2SSi/c1-11(18)8-12(9-20)15(19)17-10-21(2,3)14-6-4-13(16)5-7-14/h4-7,12,20H,8-10H2,1-3H3,(H,17,19)/t12-/m0/s1. The number of benzene rings is 1. The van der Waals surface area contributed by atoms with Crippen LogP contribution in [0.5, 0.6) is 0 Å². The summed E-state index contributed by atoms with van der Waals surface area (Å²) in [5.74, 6) is -0.445. The van der Waals surface area contributed by atoms with Crippen LogP contribution in [0.1, 0.15) is 13.3 Å². The van der Waals surface area contributed by atoms with Crippen molar-refractivity contribution >= 4 is 37.6 Å². The van der Waals surface area contributed by atoms with Gasteiger partial charge in [0.2, 0.25) is 5.91 Å². The number of thiol groups is 1. The van der Waals surface area contributed by atoms with Gasteiger partial charge in [0.1, 0.15) is 19.7 Å². The van der Waals surface area contributed by atoms with Crippen LogP contribution < -0.4 is 10.5 Å². The van der Waals surface area contributed by atoms with Gasteiger partial charge in [-0.2, -0.15) is 12.6 Å². The number of ketones is 1. The van der Waals surface area contributed by atoms with Crippen molar-refractivity contribution in [2.24, 2.45) is 5.92 Å². The van der Waals surface area contributed by atoms with E-state index in [0.717, 1.165) is 5.19 Å². The number of Topliss-reactive ketones (excluding diaryl/α,β-unsaturated/α-hetero) is 1. The lowest BCUT2D eigenvalue weighted by molar-refractivity contribution is -0.127. The predicted octanol–water partition coefficient (Wildman–Crippen LogP) is 1.92. The lowest BCUT2D eigenvalue weighted by Gasteiger charge is -2.24. The van der Waals surface area contributed by atoms with Gasteiger partial charge in [0.15, 0.2) is 0 Å². The first-order chi connectivity index (χ1) is 9.76. The summed E-state index contributed by atoms with van der Waals surface area (Å²) in [7, 11) is -1.87. The van der Waals surface area contributed by atoms with E-state index in [1.54, 1.807) is 12.1 Å². The Kier molecular flexibility index (Phi) is 6.61. The molecule has 0 saturated carbocycles. The zero-order valence-electron chi connectivity index (χ0n) is 12.6. The maximum atomic E-state index is 13.0. The highest BCUT2D eigenvalue weighted by Gasteiger charge is 2.26. The van der Waals surface area contributed by atoms with Crippen LogP contribution in [0.3, 0.4) is 0 Å². The van der Waals surface area contributed by atoms with Crippen LogP contribution in [0.2, 0.25) is 13.1 Å².